The lowest BCUT2D eigenvalue weighted by atomic mass is 10.1. The first-order chi connectivity index (χ1) is 12.5. The van der Waals surface area contributed by atoms with Gasteiger partial charge in [0.2, 0.25) is 10.0 Å². The lowest BCUT2D eigenvalue weighted by molar-refractivity contribution is 0.583. The molecular weight excluding hydrogens is 372 g/mol. The molecule has 0 bridgehead atoms. The van der Waals surface area contributed by atoms with Gasteiger partial charge in [-0.15, -0.1) is 0 Å². The van der Waals surface area contributed by atoms with E-state index in [0.717, 1.165) is 10.9 Å². The van der Waals surface area contributed by atoms with E-state index in [0.29, 0.717) is 22.8 Å². The molecule has 0 aliphatic carbocycles. The summed E-state index contributed by atoms with van der Waals surface area (Å²) < 4.78 is 27.1. The van der Waals surface area contributed by atoms with Crippen molar-refractivity contribution in [3.05, 3.63) is 65.3 Å². The lowest BCUT2D eigenvalue weighted by Gasteiger charge is -2.12. The number of nitrogens with one attached hydrogen (secondary N) is 2. The smallest absolute Gasteiger partial charge is 0.240 e. The van der Waals surface area contributed by atoms with Crippen molar-refractivity contribution in [2.75, 3.05) is 18.4 Å². The molecule has 0 saturated carbocycles. The van der Waals surface area contributed by atoms with Gasteiger partial charge in [0.05, 0.1) is 21.7 Å². The summed E-state index contributed by atoms with van der Waals surface area (Å²) in [6.07, 6.45) is 1.50. The number of halogens is 1. The van der Waals surface area contributed by atoms with E-state index in [1.165, 1.54) is 18.3 Å². The SMILES string of the molecule is N#Cc1cnc2ccccc2c1NCCNS(=O)(=O)c1cccc(Cl)c1. The number of nitriles is 1. The van der Waals surface area contributed by atoms with E-state index >= 15 is 0 Å². The summed E-state index contributed by atoms with van der Waals surface area (Å²) in [6, 6.07) is 15.6. The molecule has 3 rings (SSSR count). The van der Waals surface area contributed by atoms with E-state index in [2.05, 4.69) is 21.1 Å². The predicted molar refractivity (Wildman–Crippen MR) is 102 cm³/mol. The Bertz CT molecular complexity index is 1090. The Hall–Kier alpha value is -2.66. The number of sulfonamides is 1. The number of benzene rings is 2. The molecule has 0 fully saturated rings. The van der Waals surface area contributed by atoms with Crippen LogP contribution in [-0.2, 0) is 10.0 Å². The van der Waals surface area contributed by atoms with Crippen molar-refractivity contribution in [2.24, 2.45) is 0 Å². The number of hydrogen-bond acceptors (Lipinski definition) is 5. The van der Waals surface area contributed by atoms with Gasteiger partial charge in [-0.2, -0.15) is 5.26 Å². The van der Waals surface area contributed by atoms with Crippen LogP contribution in [0.15, 0.2) is 59.6 Å². The zero-order valence-corrected chi connectivity index (χ0v) is 15.2. The second-order valence-corrected chi connectivity index (χ2v) is 7.66. The average molecular weight is 387 g/mol. The third-order valence-electron chi connectivity index (χ3n) is 3.72. The number of rotatable bonds is 6. The Balaban J connectivity index is 1.71. The highest BCUT2D eigenvalue weighted by Gasteiger charge is 2.14. The van der Waals surface area contributed by atoms with Gasteiger partial charge in [0.1, 0.15) is 6.07 Å². The average Bonchev–Trinajstić information content (AvgIpc) is 2.65. The molecule has 0 saturated heterocycles. The number of para-hydroxylation sites is 1. The quantitative estimate of drug-likeness (QED) is 0.634. The van der Waals surface area contributed by atoms with E-state index in [1.807, 2.05) is 24.3 Å². The van der Waals surface area contributed by atoms with Crippen LogP contribution in [0.3, 0.4) is 0 Å². The highest BCUT2D eigenvalue weighted by Crippen LogP contribution is 2.25. The molecule has 0 unspecified atom stereocenters. The zero-order chi connectivity index (χ0) is 18.6. The second-order valence-electron chi connectivity index (χ2n) is 5.46. The summed E-state index contributed by atoms with van der Waals surface area (Å²) in [5.74, 6) is 0. The normalized spacial score (nSPS) is 11.2. The van der Waals surface area contributed by atoms with E-state index in [9.17, 15) is 13.7 Å². The largest absolute Gasteiger partial charge is 0.382 e. The molecule has 3 aromatic rings. The van der Waals surface area contributed by atoms with E-state index in [1.54, 1.807) is 12.1 Å². The first-order valence-corrected chi connectivity index (χ1v) is 9.64. The highest BCUT2D eigenvalue weighted by molar-refractivity contribution is 7.89. The molecule has 0 amide bonds. The van der Waals surface area contributed by atoms with Crippen LogP contribution >= 0.6 is 11.6 Å². The molecular formula is C18H15ClN4O2S. The van der Waals surface area contributed by atoms with Gasteiger partial charge in [0.25, 0.3) is 0 Å². The molecule has 6 nitrogen and oxygen atoms in total. The molecule has 0 radical (unpaired) electrons. The Morgan fingerprint density at radius 1 is 1.12 bits per heavy atom. The lowest BCUT2D eigenvalue weighted by Crippen LogP contribution is -2.29. The fraction of sp³-hybridized carbons (Fsp3) is 0.111. The van der Waals surface area contributed by atoms with Crippen LogP contribution in [0, 0.1) is 11.3 Å². The van der Waals surface area contributed by atoms with Crippen molar-refractivity contribution in [2.45, 2.75) is 4.90 Å². The van der Waals surface area contributed by atoms with Crippen LogP contribution < -0.4 is 10.0 Å². The van der Waals surface area contributed by atoms with E-state index < -0.39 is 10.0 Å². The van der Waals surface area contributed by atoms with Gasteiger partial charge in [-0.25, -0.2) is 13.1 Å². The van der Waals surface area contributed by atoms with Crippen LogP contribution in [0.5, 0.6) is 0 Å². The van der Waals surface area contributed by atoms with Crippen LogP contribution in [0.25, 0.3) is 10.9 Å². The highest BCUT2D eigenvalue weighted by atomic mass is 35.5. The maximum Gasteiger partial charge on any atom is 0.240 e. The Morgan fingerprint density at radius 2 is 1.92 bits per heavy atom. The summed E-state index contributed by atoms with van der Waals surface area (Å²) in [5, 5.41) is 13.6. The molecule has 2 N–H and O–H groups in total. The third-order valence-corrected chi connectivity index (χ3v) is 5.41. The molecule has 2 aromatic carbocycles. The monoisotopic (exact) mass is 386 g/mol. The third kappa shape index (κ3) is 3.94. The van der Waals surface area contributed by atoms with E-state index in [4.69, 9.17) is 11.6 Å². The number of nitrogens with zero attached hydrogens (tertiary/aromatic N) is 2. The van der Waals surface area contributed by atoms with E-state index in [-0.39, 0.29) is 11.4 Å². The van der Waals surface area contributed by atoms with Crippen LogP contribution in [-0.4, -0.2) is 26.5 Å². The van der Waals surface area contributed by atoms with Gasteiger partial charge >= 0.3 is 0 Å². The Kier molecular flexibility index (Phi) is 5.38. The number of pyridine rings is 1. The molecule has 0 aliphatic heterocycles. The van der Waals surface area contributed by atoms with Gasteiger partial charge in [0.15, 0.2) is 0 Å². The maximum atomic E-state index is 12.3. The molecule has 1 heterocycles. The number of hydrogen-bond donors (Lipinski definition) is 2. The van der Waals surface area contributed by atoms with Crippen molar-refractivity contribution >= 4 is 38.2 Å². The first kappa shape index (κ1) is 18.1. The van der Waals surface area contributed by atoms with Gasteiger partial charge in [-0.3, -0.25) is 4.98 Å². The van der Waals surface area contributed by atoms with Crippen LogP contribution in [0.1, 0.15) is 5.56 Å². The zero-order valence-electron chi connectivity index (χ0n) is 13.6. The summed E-state index contributed by atoms with van der Waals surface area (Å²) in [6.45, 7) is 0.457. The minimum absolute atomic E-state index is 0.108. The van der Waals surface area contributed by atoms with Crippen LogP contribution in [0.2, 0.25) is 5.02 Å². The summed E-state index contributed by atoms with van der Waals surface area (Å²) >= 11 is 5.84. The number of fused-ring (bicyclic) bond motifs is 1. The van der Waals surface area contributed by atoms with Crippen LogP contribution in [0.4, 0.5) is 5.69 Å². The van der Waals surface area contributed by atoms with Crippen molar-refractivity contribution in [1.29, 1.82) is 5.26 Å². The molecule has 26 heavy (non-hydrogen) atoms. The van der Waals surface area contributed by atoms with Crippen molar-refractivity contribution < 1.29 is 8.42 Å². The van der Waals surface area contributed by atoms with Gasteiger partial charge < -0.3 is 5.32 Å². The maximum absolute atomic E-state index is 12.3. The predicted octanol–water partition coefficient (Wildman–Crippen LogP) is 3.15. The Morgan fingerprint density at radius 3 is 2.69 bits per heavy atom. The second kappa shape index (κ2) is 7.70. The summed E-state index contributed by atoms with van der Waals surface area (Å²) in [4.78, 5) is 4.35. The molecule has 0 atom stereocenters. The van der Waals surface area contributed by atoms with Crippen molar-refractivity contribution in [3.8, 4) is 6.07 Å². The van der Waals surface area contributed by atoms with Crippen molar-refractivity contribution in [1.82, 2.24) is 9.71 Å². The number of aromatic nitrogens is 1. The molecule has 132 valence electrons. The van der Waals surface area contributed by atoms with Crippen molar-refractivity contribution in [3.63, 3.8) is 0 Å². The standard InChI is InChI=1S/C18H15ClN4O2S/c19-14-4-3-5-15(10-14)26(24,25)23-9-8-21-18-13(11-20)12-22-17-7-2-1-6-16(17)18/h1-7,10,12,23H,8-9H2,(H,21,22). The summed E-state index contributed by atoms with van der Waals surface area (Å²) in [7, 11) is -3.65. The fourth-order valence-corrected chi connectivity index (χ4v) is 3.84. The molecule has 1 aromatic heterocycles. The molecule has 8 heteroatoms. The first-order valence-electron chi connectivity index (χ1n) is 7.78. The fourth-order valence-electron chi connectivity index (χ4n) is 2.51. The van der Waals surface area contributed by atoms with Gasteiger partial charge in [-0.05, 0) is 24.3 Å². The Labute approximate surface area is 156 Å². The minimum atomic E-state index is -3.65. The molecule has 0 aliphatic rings. The topological polar surface area (TPSA) is 94.9 Å². The number of anilines is 1. The minimum Gasteiger partial charge on any atom is -0.382 e. The van der Waals surface area contributed by atoms with Gasteiger partial charge in [-0.1, -0.05) is 35.9 Å². The summed E-state index contributed by atoms with van der Waals surface area (Å²) in [5.41, 5.74) is 1.80. The molecule has 0 spiro atoms. The van der Waals surface area contributed by atoms with Gasteiger partial charge in [0, 0.05) is 29.7 Å².